The van der Waals surface area contributed by atoms with Crippen molar-refractivity contribution in [1.29, 1.82) is 0 Å². The van der Waals surface area contributed by atoms with Crippen molar-refractivity contribution in [3.05, 3.63) is 64.2 Å². The van der Waals surface area contributed by atoms with E-state index in [9.17, 15) is 19.2 Å². The fourth-order valence-electron chi connectivity index (χ4n) is 2.97. The van der Waals surface area contributed by atoms with Gasteiger partial charge in [-0.1, -0.05) is 5.92 Å². The van der Waals surface area contributed by atoms with Crippen LogP contribution in [-0.2, 0) is 9.47 Å². The number of ether oxygens (including phenoxy) is 2. The zero-order valence-corrected chi connectivity index (χ0v) is 15.9. The molecule has 1 aliphatic rings. The minimum atomic E-state index is -0.689. The van der Waals surface area contributed by atoms with Gasteiger partial charge in [-0.25, -0.2) is 14.5 Å². The van der Waals surface area contributed by atoms with Crippen LogP contribution < -0.4 is 4.90 Å². The Balaban J connectivity index is 2.11. The summed E-state index contributed by atoms with van der Waals surface area (Å²) < 4.78 is 9.97. The molecule has 0 N–H and O–H groups in total. The molecule has 29 heavy (non-hydrogen) atoms. The van der Waals surface area contributed by atoms with Crippen LogP contribution in [0.4, 0.5) is 5.69 Å². The first-order valence-electron chi connectivity index (χ1n) is 8.90. The molecule has 0 bridgehead atoms. The first-order valence-corrected chi connectivity index (χ1v) is 8.90. The summed E-state index contributed by atoms with van der Waals surface area (Å²) in [6, 6.07) is 8.44. The summed E-state index contributed by atoms with van der Waals surface area (Å²) in [5.41, 5.74) is 0.908. The van der Waals surface area contributed by atoms with Crippen molar-refractivity contribution < 1.29 is 28.7 Å². The Morgan fingerprint density at radius 2 is 1.45 bits per heavy atom. The normalized spacial score (nSPS) is 12.4. The summed E-state index contributed by atoms with van der Waals surface area (Å²) >= 11 is 0. The Bertz CT molecular complexity index is 1040. The van der Waals surface area contributed by atoms with Crippen LogP contribution in [0.5, 0.6) is 0 Å². The van der Waals surface area contributed by atoms with Crippen molar-refractivity contribution in [2.45, 2.75) is 13.8 Å². The van der Waals surface area contributed by atoms with Gasteiger partial charge in [-0.15, -0.1) is 6.42 Å². The highest BCUT2D eigenvalue weighted by Crippen LogP contribution is 2.31. The number of fused-ring (bicyclic) bond motifs is 1. The van der Waals surface area contributed by atoms with E-state index in [0.29, 0.717) is 5.56 Å². The van der Waals surface area contributed by atoms with Gasteiger partial charge in [-0.05, 0) is 50.2 Å². The Morgan fingerprint density at radius 1 is 0.897 bits per heavy atom. The molecule has 0 unspecified atom stereocenters. The van der Waals surface area contributed by atoms with Crippen LogP contribution in [0.3, 0.4) is 0 Å². The number of esters is 2. The molecule has 0 saturated heterocycles. The van der Waals surface area contributed by atoms with Gasteiger partial charge in [0.25, 0.3) is 11.8 Å². The van der Waals surface area contributed by atoms with E-state index in [-0.39, 0.29) is 41.2 Å². The van der Waals surface area contributed by atoms with E-state index in [1.165, 1.54) is 30.3 Å². The van der Waals surface area contributed by atoms with Crippen LogP contribution in [0.15, 0.2) is 36.4 Å². The van der Waals surface area contributed by atoms with Gasteiger partial charge in [-0.3, -0.25) is 9.59 Å². The first kappa shape index (κ1) is 19.8. The average Bonchev–Trinajstić information content (AvgIpc) is 2.97. The Morgan fingerprint density at radius 3 is 1.97 bits per heavy atom. The third-order valence-corrected chi connectivity index (χ3v) is 4.25. The lowest BCUT2D eigenvalue weighted by Crippen LogP contribution is -2.30. The fraction of sp³-hybridized carbons (Fsp3) is 0.182. The molecule has 146 valence electrons. The van der Waals surface area contributed by atoms with E-state index in [2.05, 4.69) is 5.92 Å². The van der Waals surface area contributed by atoms with Crippen LogP contribution in [0, 0.1) is 12.3 Å². The lowest BCUT2D eigenvalue weighted by atomic mass is 10.1. The molecule has 0 aliphatic carbocycles. The Hall–Kier alpha value is -3.92. The second-order valence-corrected chi connectivity index (χ2v) is 6.06. The molecule has 1 aliphatic heterocycles. The monoisotopic (exact) mass is 391 g/mol. The van der Waals surface area contributed by atoms with E-state index in [4.69, 9.17) is 15.9 Å². The topological polar surface area (TPSA) is 90.0 Å². The maximum atomic E-state index is 12.9. The van der Waals surface area contributed by atoms with Crippen molar-refractivity contribution in [1.82, 2.24) is 0 Å². The van der Waals surface area contributed by atoms with E-state index in [0.717, 1.165) is 4.90 Å². The number of hydrogen-bond acceptors (Lipinski definition) is 6. The lowest BCUT2D eigenvalue weighted by Gasteiger charge is -2.16. The molecule has 0 fully saturated rings. The zero-order valence-electron chi connectivity index (χ0n) is 15.9. The number of amides is 2. The number of benzene rings is 2. The first-order chi connectivity index (χ1) is 13.9. The predicted molar refractivity (Wildman–Crippen MR) is 104 cm³/mol. The summed E-state index contributed by atoms with van der Waals surface area (Å²) in [6.45, 7) is 3.53. The van der Waals surface area contributed by atoms with Gasteiger partial charge in [0.05, 0.1) is 41.2 Å². The second kappa shape index (κ2) is 7.98. The van der Waals surface area contributed by atoms with Crippen molar-refractivity contribution in [3.63, 3.8) is 0 Å². The van der Waals surface area contributed by atoms with Gasteiger partial charge in [-0.2, -0.15) is 0 Å². The molecule has 3 rings (SSSR count). The van der Waals surface area contributed by atoms with Crippen molar-refractivity contribution in [2.75, 3.05) is 18.1 Å². The highest BCUT2D eigenvalue weighted by molar-refractivity contribution is 6.34. The van der Waals surface area contributed by atoms with Crippen LogP contribution >= 0.6 is 0 Å². The third kappa shape index (κ3) is 3.60. The van der Waals surface area contributed by atoms with Crippen molar-refractivity contribution in [2.24, 2.45) is 0 Å². The smallest absolute Gasteiger partial charge is 0.338 e. The molecule has 0 aromatic heterocycles. The minimum absolute atomic E-state index is 0.0215. The van der Waals surface area contributed by atoms with Crippen LogP contribution in [0.25, 0.3) is 0 Å². The van der Waals surface area contributed by atoms with E-state index in [1.54, 1.807) is 19.9 Å². The molecule has 7 nitrogen and oxygen atoms in total. The van der Waals surface area contributed by atoms with Crippen LogP contribution in [-0.4, -0.2) is 37.0 Å². The number of hydrogen-bond donors (Lipinski definition) is 0. The molecule has 7 heteroatoms. The van der Waals surface area contributed by atoms with Crippen molar-refractivity contribution >= 4 is 29.4 Å². The predicted octanol–water partition coefficient (Wildman–Crippen LogP) is 2.82. The third-order valence-electron chi connectivity index (χ3n) is 4.25. The number of nitrogens with zero attached hydrogens (tertiary/aromatic N) is 1. The highest BCUT2D eigenvalue weighted by atomic mass is 16.5. The number of imide groups is 1. The second-order valence-electron chi connectivity index (χ2n) is 6.06. The molecule has 0 spiro atoms. The van der Waals surface area contributed by atoms with Crippen LogP contribution in [0.1, 0.15) is 60.8 Å². The maximum absolute atomic E-state index is 12.9. The average molecular weight is 391 g/mol. The molecule has 0 saturated carbocycles. The fourth-order valence-corrected chi connectivity index (χ4v) is 2.97. The van der Waals surface area contributed by atoms with E-state index >= 15 is 0 Å². The summed E-state index contributed by atoms with van der Waals surface area (Å²) in [5, 5.41) is 0. The Kier molecular flexibility index (Phi) is 5.46. The summed E-state index contributed by atoms with van der Waals surface area (Å²) in [4.78, 5) is 51.1. The Labute approximate surface area is 167 Å². The van der Waals surface area contributed by atoms with Gasteiger partial charge in [0.2, 0.25) is 0 Å². The number of anilines is 1. The standard InChI is InChI=1S/C22H17NO6/c1-4-13-7-8-17-18(9-13)20(25)23(19(17)24)16-11-14(21(26)28-5-2)10-15(12-16)22(27)29-6-3/h1,7-12H,5-6H2,2-3H3. The van der Waals surface area contributed by atoms with E-state index in [1.807, 2.05) is 0 Å². The van der Waals surface area contributed by atoms with Gasteiger partial charge in [0, 0.05) is 5.56 Å². The summed E-state index contributed by atoms with van der Waals surface area (Å²) in [6.07, 6.45) is 5.37. The molecule has 2 amide bonds. The number of rotatable bonds is 5. The molecule has 2 aromatic rings. The summed E-state index contributed by atoms with van der Waals surface area (Å²) in [5.74, 6) is -0.138. The molecular formula is C22H17NO6. The molecule has 0 radical (unpaired) electrons. The SMILES string of the molecule is C#Cc1ccc2c(c1)C(=O)N(c1cc(C(=O)OCC)cc(C(=O)OCC)c1)C2=O. The minimum Gasteiger partial charge on any atom is -0.462 e. The molecule has 2 aromatic carbocycles. The number of carbonyl (C=O) groups excluding carboxylic acids is 4. The maximum Gasteiger partial charge on any atom is 0.338 e. The number of carbonyl (C=O) groups is 4. The quantitative estimate of drug-likeness (QED) is 0.442. The van der Waals surface area contributed by atoms with Crippen molar-refractivity contribution in [3.8, 4) is 12.3 Å². The van der Waals surface area contributed by atoms with Gasteiger partial charge >= 0.3 is 11.9 Å². The van der Waals surface area contributed by atoms with Gasteiger partial charge < -0.3 is 9.47 Å². The van der Waals surface area contributed by atoms with Gasteiger partial charge in [0.1, 0.15) is 0 Å². The summed E-state index contributed by atoms with van der Waals surface area (Å²) in [7, 11) is 0. The lowest BCUT2D eigenvalue weighted by molar-refractivity contribution is 0.0524. The van der Waals surface area contributed by atoms with Crippen LogP contribution in [0.2, 0.25) is 0 Å². The number of terminal acetylenes is 1. The molecule has 1 heterocycles. The molecular weight excluding hydrogens is 374 g/mol. The molecule has 0 atom stereocenters. The zero-order chi connectivity index (χ0) is 21.1. The largest absolute Gasteiger partial charge is 0.462 e. The van der Waals surface area contributed by atoms with E-state index < -0.39 is 23.8 Å². The van der Waals surface area contributed by atoms with Gasteiger partial charge in [0.15, 0.2) is 0 Å². The highest BCUT2D eigenvalue weighted by Gasteiger charge is 2.37.